The van der Waals surface area contributed by atoms with Crippen molar-refractivity contribution in [3.63, 3.8) is 0 Å². The molecule has 0 spiro atoms. The Morgan fingerprint density at radius 3 is 2.53 bits per heavy atom. The fraction of sp³-hybridized carbons (Fsp3) is 0.333. The number of esters is 1. The molecule has 0 saturated carbocycles. The molecule has 1 unspecified atom stereocenters. The Hall–Kier alpha value is -3.28. The van der Waals surface area contributed by atoms with Gasteiger partial charge in [0.15, 0.2) is 6.10 Å². The Morgan fingerprint density at radius 1 is 1.03 bits per heavy atom. The molecule has 30 heavy (non-hydrogen) atoms. The monoisotopic (exact) mass is 410 g/mol. The molecule has 2 aromatic carbocycles. The number of fused-ring (bicyclic) bond motifs is 1. The van der Waals surface area contributed by atoms with E-state index in [2.05, 4.69) is 0 Å². The zero-order chi connectivity index (χ0) is 21.8. The summed E-state index contributed by atoms with van der Waals surface area (Å²) in [6.07, 6.45) is 0.510. The number of carbonyl (C=O) groups excluding carboxylic acids is 1. The number of hydrogen-bond acceptors (Lipinski definition) is 6. The van der Waals surface area contributed by atoms with E-state index in [9.17, 15) is 9.59 Å². The highest BCUT2D eigenvalue weighted by molar-refractivity contribution is 5.79. The third-order valence-electron chi connectivity index (χ3n) is 4.48. The minimum Gasteiger partial charge on any atom is -0.479 e. The number of aryl methyl sites for hydroxylation is 2. The van der Waals surface area contributed by atoms with E-state index in [1.54, 1.807) is 25.1 Å². The summed E-state index contributed by atoms with van der Waals surface area (Å²) in [6.45, 7) is 9.74. The van der Waals surface area contributed by atoms with Crippen molar-refractivity contribution < 1.29 is 23.4 Å². The second-order valence-corrected chi connectivity index (χ2v) is 7.74. The molecular formula is C24H26O6. The summed E-state index contributed by atoms with van der Waals surface area (Å²) in [5, 5.41) is 0.361. The van der Waals surface area contributed by atoms with Crippen LogP contribution < -0.4 is 14.9 Å². The van der Waals surface area contributed by atoms with Crippen molar-refractivity contribution in [2.75, 3.05) is 6.61 Å². The molecule has 0 radical (unpaired) electrons. The van der Waals surface area contributed by atoms with Gasteiger partial charge in [0.1, 0.15) is 23.3 Å². The van der Waals surface area contributed by atoms with Gasteiger partial charge in [0, 0.05) is 6.07 Å². The smallest absolute Gasteiger partial charge is 0.347 e. The lowest BCUT2D eigenvalue weighted by Crippen LogP contribution is -2.27. The molecule has 1 aromatic heterocycles. The van der Waals surface area contributed by atoms with E-state index >= 15 is 0 Å². The summed E-state index contributed by atoms with van der Waals surface area (Å²) in [6, 6.07) is 10.6. The van der Waals surface area contributed by atoms with Gasteiger partial charge in [0.25, 0.3) is 0 Å². The van der Waals surface area contributed by atoms with Crippen LogP contribution in [-0.2, 0) is 9.53 Å². The van der Waals surface area contributed by atoms with Crippen molar-refractivity contribution in [1.29, 1.82) is 0 Å². The minimum atomic E-state index is -0.778. The van der Waals surface area contributed by atoms with Crippen molar-refractivity contribution in [1.82, 2.24) is 0 Å². The molecule has 3 aromatic rings. The first-order chi connectivity index (χ1) is 14.2. The van der Waals surface area contributed by atoms with E-state index in [0.717, 1.165) is 11.1 Å². The molecule has 158 valence electrons. The largest absolute Gasteiger partial charge is 0.479 e. The molecule has 6 heteroatoms. The Morgan fingerprint density at radius 2 is 1.80 bits per heavy atom. The molecule has 0 saturated heterocycles. The number of rotatable bonds is 7. The molecule has 0 bridgehead atoms. The zero-order valence-electron chi connectivity index (χ0n) is 17.9. The van der Waals surface area contributed by atoms with Crippen molar-refractivity contribution in [3.05, 3.63) is 64.0 Å². The lowest BCUT2D eigenvalue weighted by Gasteiger charge is -2.15. The van der Waals surface area contributed by atoms with Gasteiger partial charge in [-0.3, -0.25) is 4.79 Å². The van der Waals surface area contributed by atoms with Crippen LogP contribution in [0, 0.1) is 19.8 Å². The van der Waals surface area contributed by atoms with Gasteiger partial charge in [0.2, 0.25) is 11.2 Å². The predicted octanol–water partition coefficient (Wildman–Crippen LogP) is 5.17. The van der Waals surface area contributed by atoms with Crippen LogP contribution in [-0.4, -0.2) is 18.7 Å². The molecule has 1 atom stereocenters. The number of carbonyl (C=O) groups is 1. The van der Waals surface area contributed by atoms with Crippen molar-refractivity contribution in [3.8, 4) is 17.2 Å². The summed E-state index contributed by atoms with van der Waals surface area (Å²) >= 11 is 0. The Bertz CT molecular complexity index is 1110. The van der Waals surface area contributed by atoms with Gasteiger partial charge >= 0.3 is 5.97 Å². The van der Waals surface area contributed by atoms with Gasteiger partial charge in [-0.1, -0.05) is 26.0 Å². The number of benzene rings is 2. The molecule has 0 amide bonds. The number of ether oxygens (including phenoxy) is 3. The van der Waals surface area contributed by atoms with Crippen LogP contribution in [0.2, 0.25) is 0 Å². The van der Waals surface area contributed by atoms with Crippen LogP contribution in [0.3, 0.4) is 0 Å². The van der Waals surface area contributed by atoms with Gasteiger partial charge in [-0.15, -0.1) is 0 Å². The highest BCUT2D eigenvalue weighted by Crippen LogP contribution is 2.27. The zero-order valence-corrected chi connectivity index (χ0v) is 17.9. The average molecular weight is 410 g/mol. The van der Waals surface area contributed by atoms with Crippen LogP contribution >= 0.6 is 0 Å². The maximum atomic E-state index is 12.8. The first-order valence-electron chi connectivity index (χ1n) is 9.88. The van der Waals surface area contributed by atoms with E-state index < -0.39 is 12.1 Å². The van der Waals surface area contributed by atoms with E-state index in [1.165, 1.54) is 6.26 Å². The SMILES string of the molecule is Cc1ccc(C)c(Oc2coc3cc(OC(C)C(=O)OCC(C)C)ccc3c2=O)c1. The summed E-state index contributed by atoms with van der Waals surface area (Å²) in [7, 11) is 0. The fourth-order valence-corrected chi connectivity index (χ4v) is 2.79. The maximum Gasteiger partial charge on any atom is 0.347 e. The Labute approximate surface area is 175 Å². The van der Waals surface area contributed by atoms with Crippen LogP contribution in [0.1, 0.15) is 31.9 Å². The minimum absolute atomic E-state index is 0.107. The highest BCUT2D eigenvalue weighted by Gasteiger charge is 2.18. The van der Waals surface area contributed by atoms with Gasteiger partial charge in [-0.05, 0) is 56.0 Å². The van der Waals surface area contributed by atoms with E-state index in [-0.39, 0.29) is 17.1 Å². The van der Waals surface area contributed by atoms with Gasteiger partial charge < -0.3 is 18.6 Å². The van der Waals surface area contributed by atoms with E-state index in [1.807, 2.05) is 45.9 Å². The third-order valence-corrected chi connectivity index (χ3v) is 4.48. The van der Waals surface area contributed by atoms with E-state index in [4.69, 9.17) is 18.6 Å². The second kappa shape index (κ2) is 9.03. The molecule has 3 rings (SSSR count). The maximum absolute atomic E-state index is 12.8. The molecule has 0 aliphatic rings. The summed E-state index contributed by atoms with van der Waals surface area (Å²) in [4.78, 5) is 24.8. The van der Waals surface area contributed by atoms with Gasteiger partial charge in [0.05, 0.1) is 12.0 Å². The molecule has 0 fully saturated rings. The van der Waals surface area contributed by atoms with Crippen LogP contribution in [0.25, 0.3) is 11.0 Å². The Kier molecular flexibility index (Phi) is 6.45. The lowest BCUT2D eigenvalue weighted by atomic mass is 10.1. The van der Waals surface area contributed by atoms with E-state index in [0.29, 0.717) is 29.1 Å². The molecule has 0 aliphatic carbocycles. The highest BCUT2D eigenvalue weighted by atomic mass is 16.6. The van der Waals surface area contributed by atoms with Crippen LogP contribution in [0.5, 0.6) is 17.2 Å². The molecule has 0 N–H and O–H groups in total. The summed E-state index contributed by atoms with van der Waals surface area (Å²) in [5.74, 6) is 0.923. The first-order valence-corrected chi connectivity index (χ1v) is 9.88. The molecule has 6 nitrogen and oxygen atoms in total. The topological polar surface area (TPSA) is 75.0 Å². The normalized spacial score (nSPS) is 12.1. The first kappa shape index (κ1) is 21.4. The van der Waals surface area contributed by atoms with Gasteiger partial charge in [-0.2, -0.15) is 0 Å². The standard InChI is InChI=1S/C24H26O6/c1-14(2)12-28-24(26)17(5)29-18-8-9-19-21(11-18)27-13-22(23(19)25)30-20-10-15(3)6-7-16(20)4/h6-11,13-14,17H,12H2,1-5H3. The Balaban J connectivity index is 1.80. The quantitative estimate of drug-likeness (QED) is 0.500. The number of hydrogen-bond donors (Lipinski definition) is 0. The summed E-state index contributed by atoms with van der Waals surface area (Å²) < 4.78 is 22.2. The van der Waals surface area contributed by atoms with Crippen molar-refractivity contribution in [2.45, 2.75) is 40.7 Å². The van der Waals surface area contributed by atoms with Gasteiger partial charge in [-0.25, -0.2) is 4.79 Å². The second-order valence-electron chi connectivity index (χ2n) is 7.74. The van der Waals surface area contributed by atoms with Crippen LogP contribution in [0.4, 0.5) is 0 Å². The van der Waals surface area contributed by atoms with Crippen molar-refractivity contribution >= 4 is 16.9 Å². The predicted molar refractivity (Wildman–Crippen MR) is 114 cm³/mol. The lowest BCUT2D eigenvalue weighted by molar-refractivity contribution is -0.152. The molecule has 0 aliphatic heterocycles. The third kappa shape index (κ3) is 5.00. The van der Waals surface area contributed by atoms with Crippen LogP contribution in [0.15, 0.2) is 51.9 Å². The average Bonchev–Trinajstić information content (AvgIpc) is 2.70. The molecular weight excluding hydrogens is 384 g/mol. The fourth-order valence-electron chi connectivity index (χ4n) is 2.79. The molecule has 1 heterocycles. The van der Waals surface area contributed by atoms with Crippen molar-refractivity contribution in [2.24, 2.45) is 5.92 Å². The summed E-state index contributed by atoms with van der Waals surface area (Å²) in [5.41, 5.74) is 2.01.